The van der Waals surface area contributed by atoms with Gasteiger partial charge in [-0.1, -0.05) is 0 Å². The number of hydrogen-bond donors (Lipinski definition) is 2. The van der Waals surface area contributed by atoms with Crippen molar-refractivity contribution < 1.29 is 24.1 Å². The first-order valence-electron chi connectivity index (χ1n) is 5.31. The van der Waals surface area contributed by atoms with Gasteiger partial charge in [0.05, 0.1) is 39.1 Å². The molecule has 96 valence electrons. The summed E-state index contributed by atoms with van der Waals surface area (Å²) in [5.41, 5.74) is 0. The number of carbonyl (C=O) groups excluding carboxylic acids is 1. The predicted molar refractivity (Wildman–Crippen MR) is 58.2 cm³/mol. The molecule has 0 aromatic rings. The molecule has 0 amide bonds. The van der Waals surface area contributed by atoms with Gasteiger partial charge in [-0.2, -0.15) is 0 Å². The van der Waals surface area contributed by atoms with Crippen molar-refractivity contribution in [3.63, 3.8) is 0 Å². The summed E-state index contributed by atoms with van der Waals surface area (Å²) in [5, 5.41) is 12.2. The number of aliphatic hydroxyl groups excluding tert-OH is 1. The van der Waals surface area contributed by atoms with Crippen LogP contribution in [0.3, 0.4) is 0 Å². The first-order chi connectivity index (χ1) is 7.70. The Balaban J connectivity index is 3.29. The first kappa shape index (κ1) is 15.3. The fraction of sp³-hybridized carbons (Fsp3) is 0.900. The summed E-state index contributed by atoms with van der Waals surface area (Å²) in [5.74, 6) is -0.324. The minimum atomic E-state index is -0.633. The number of aliphatic hydroxyl groups is 1. The molecule has 6 heteroatoms. The molecule has 0 heterocycles. The van der Waals surface area contributed by atoms with Crippen LogP contribution in [0.2, 0.25) is 0 Å². The highest BCUT2D eigenvalue weighted by molar-refractivity contribution is 5.71. The molecule has 0 aromatic heterocycles. The van der Waals surface area contributed by atoms with Crippen LogP contribution in [0.25, 0.3) is 0 Å². The van der Waals surface area contributed by atoms with Gasteiger partial charge in [-0.3, -0.25) is 4.79 Å². The van der Waals surface area contributed by atoms with Crippen LogP contribution in [0.4, 0.5) is 0 Å². The van der Waals surface area contributed by atoms with E-state index in [1.807, 2.05) is 0 Å². The smallest absolute Gasteiger partial charge is 0.319 e. The van der Waals surface area contributed by atoms with Crippen LogP contribution >= 0.6 is 0 Å². The van der Waals surface area contributed by atoms with E-state index < -0.39 is 6.10 Å². The molecule has 1 unspecified atom stereocenters. The Hall–Kier alpha value is -0.690. The lowest BCUT2D eigenvalue weighted by atomic mass is 10.4. The lowest BCUT2D eigenvalue weighted by molar-refractivity contribution is -0.142. The number of methoxy groups -OCH3 is 1. The number of hydrogen-bond acceptors (Lipinski definition) is 6. The largest absolute Gasteiger partial charge is 0.465 e. The number of esters is 1. The highest BCUT2D eigenvalue weighted by Crippen LogP contribution is 1.85. The van der Waals surface area contributed by atoms with Gasteiger partial charge >= 0.3 is 5.97 Å². The molecule has 0 spiro atoms. The lowest BCUT2D eigenvalue weighted by Gasteiger charge is -2.11. The van der Waals surface area contributed by atoms with Crippen LogP contribution in [0.15, 0.2) is 0 Å². The second kappa shape index (κ2) is 10.8. The normalized spacial score (nSPS) is 12.4. The van der Waals surface area contributed by atoms with Crippen molar-refractivity contribution in [2.24, 2.45) is 0 Å². The number of nitrogens with one attached hydrogen (secondary N) is 1. The van der Waals surface area contributed by atoms with Crippen molar-refractivity contribution in [1.82, 2.24) is 5.32 Å². The van der Waals surface area contributed by atoms with Crippen LogP contribution < -0.4 is 5.32 Å². The molecule has 6 nitrogen and oxygen atoms in total. The van der Waals surface area contributed by atoms with Crippen molar-refractivity contribution in [3.05, 3.63) is 0 Å². The van der Waals surface area contributed by atoms with Gasteiger partial charge in [-0.05, 0) is 6.92 Å². The van der Waals surface area contributed by atoms with E-state index in [0.29, 0.717) is 26.4 Å². The molecular weight excluding hydrogens is 214 g/mol. The molecule has 0 rings (SSSR count). The van der Waals surface area contributed by atoms with Crippen molar-refractivity contribution >= 4 is 5.97 Å². The van der Waals surface area contributed by atoms with Gasteiger partial charge < -0.3 is 24.6 Å². The topological polar surface area (TPSA) is 77.0 Å². The number of ether oxygens (including phenoxy) is 3. The van der Waals surface area contributed by atoms with E-state index >= 15 is 0 Å². The number of rotatable bonds is 10. The van der Waals surface area contributed by atoms with Gasteiger partial charge in [0.2, 0.25) is 0 Å². The fourth-order valence-electron chi connectivity index (χ4n) is 0.973. The van der Waals surface area contributed by atoms with Crippen molar-refractivity contribution in [2.45, 2.75) is 13.0 Å². The minimum Gasteiger partial charge on any atom is -0.465 e. The molecule has 0 bridgehead atoms. The van der Waals surface area contributed by atoms with Crippen LogP contribution in [-0.4, -0.2) is 63.8 Å². The van der Waals surface area contributed by atoms with Gasteiger partial charge in [0.25, 0.3) is 0 Å². The minimum absolute atomic E-state index is 0.100. The fourth-order valence-corrected chi connectivity index (χ4v) is 0.973. The monoisotopic (exact) mass is 235 g/mol. The molecule has 0 aliphatic heterocycles. The Morgan fingerprint density at radius 1 is 1.44 bits per heavy atom. The summed E-state index contributed by atoms with van der Waals surface area (Å²) in [6, 6.07) is 0. The Bertz CT molecular complexity index is 177. The SMILES string of the molecule is CCOC(=O)CNCC(O)COCCOC. The molecule has 16 heavy (non-hydrogen) atoms. The van der Waals surface area contributed by atoms with Crippen LogP contribution in [0, 0.1) is 0 Å². The van der Waals surface area contributed by atoms with Crippen molar-refractivity contribution in [1.29, 1.82) is 0 Å². The Kier molecular flexibility index (Phi) is 10.3. The molecule has 2 N–H and O–H groups in total. The zero-order chi connectivity index (χ0) is 12.2. The Labute approximate surface area is 95.9 Å². The summed E-state index contributed by atoms with van der Waals surface area (Å²) in [4.78, 5) is 10.9. The second-order valence-electron chi connectivity index (χ2n) is 3.16. The zero-order valence-electron chi connectivity index (χ0n) is 9.90. The third-order valence-electron chi connectivity index (χ3n) is 1.70. The quantitative estimate of drug-likeness (QED) is 0.380. The summed E-state index contributed by atoms with van der Waals surface area (Å²) in [7, 11) is 1.58. The molecular formula is C10H21NO5. The van der Waals surface area contributed by atoms with Crippen LogP contribution in [0.1, 0.15) is 6.92 Å². The summed E-state index contributed by atoms with van der Waals surface area (Å²) < 4.78 is 14.6. The third-order valence-corrected chi connectivity index (χ3v) is 1.70. The van der Waals surface area contributed by atoms with E-state index in [1.54, 1.807) is 14.0 Å². The molecule has 1 atom stereocenters. The molecule has 0 aromatic carbocycles. The van der Waals surface area contributed by atoms with E-state index in [0.717, 1.165) is 0 Å². The van der Waals surface area contributed by atoms with Gasteiger partial charge in [0.15, 0.2) is 0 Å². The summed E-state index contributed by atoms with van der Waals surface area (Å²) in [6.07, 6.45) is -0.633. The van der Waals surface area contributed by atoms with E-state index in [4.69, 9.17) is 14.2 Å². The molecule has 0 saturated carbocycles. The predicted octanol–water partition coefficient (Wildman–Crippen LogP) is -0.837. The van der Waals surface area contributed by atoms with E-state index in [2.05, 4.69) is 5.32 Å². The number of carbonyl (C=O) groups is 1. The maximum atomic E-state index is 10.9. The molecule has 0 saturated heterocycles. The Morgan fingerprint density at radius 3 is 2.81 bits per heavy atom. The van der Waals surface area contributed by atoms with Crippen molar-refractivity contribution in [3.8, 4) is 0 Å². The third kappa shape index (κ3) is 9.85. The highest BCUT2D eigenvalue weighted by atomic mass is 16.5. The average Bonchev–Trinajstić information content (AvgIpc) is 2.25. The average molecular weight is 235 g/mol. The van der Waals surface area contributed by atoms with Crippen LogP contribution in [0.5, 0.6) is 0 Å². The summed E-state index contributed by atoms with van der Waals surface area (Å²) >= 11 is 0. The first-order valence-corrected chi connectivity index (χ1v) is 5.31. The molecule has 0 aliphatic rings. The van der Waals surface area contributed by atoms with Gasteiger partial charge in [0.1, 0.15) is 0 Å². The van der Waals surface area contributed by atoms with E-state index in [1.165, 1.54) is 0 Å². The van der Waals surface area contributed by atoms with Gasteiger partial charge in [0, 0.05) is 13.7 Å². The molecule has 0 radical (unpaired) electrons. The van der Waals surface area contributed by atoms with Gasteiger partial charge in [-0.15, -0.1) is 0 Å². The molecule has 0 fully saturated rings. The zero-order valence-corrected chi connectivity index (χ0v) is 9.90. The maximum absolute atomic E-state index is 10.9. The van der Waals surface area contributed by atoms with Crippen molar-refractivity contribution in [2.75, 3.05) is 46.6 Å². The maximum Gasteiger partial charge on any atom is 0.319 e. The lowest BCUT2D eigenvalue weighted by Crippen LogP contribution is -2.34. The van der Waals surface area contributed by atoms with Crippen LogP contribution in [-0.2, 0) is 19.0 Å². The second-order valence-corrected chi connectivity index (χ2v) is 3.16. The van der Waals surface area contributed by atoms with Gasteiger partial charge in [-0.25, -0.2) is 0 Å². The standard InChI is InChI=1S/C10H21NO5/c1-3-16-10(13)7-11-6-9(12)8-15-5-4-14-2/h9,11-12H,3-8H2,1-2H3. The van der Waals surface area contributed by atoms with E-state index in [9.17, 15) is 9.90 Å². The van der Waals surface area contributed by atoms with E-state index in [-0.39, 0.29) is 19.1 Å². The molecule has 0 aliphatic carbocycles. The Morgan fingerprint density at radius 2 is 2.19 bits per heavy atom. The highest BCUT2D eigenvalue weighted by Gasteiger charge is 2.06. The summed E-state index contributed by atoms with van der Waals surface area (Å²) in [6.45, 7) is 3.68.